The molecule has 0 saturated heterocycles. The Morgan fingerprint density at radius 1 is 1.53 bits per heavy atom. The van der Waals surface area contributed by atoms with Gasteiger partial charge in [0.15, 0.2) is 0 Å². The van der Waals surface area contributed by atoms with Crippen LogP contribution >= 0.6 is 11.8 Å². The zero-order chi connectivity index (χ0) is 12.8. The molecule has 5 nitrogen and oxygen atoms in total. The van der Waals surface area contributed by atoms with Crippen LogP contribution in [0.2, 0.25) is 0 Å². The third-order valence-corrected chi connectivity index (χ3v) is 3.78. The molecule has 4 N–H and O–H groups in total. The molecule has 0 bridgehead atoms. The van der Waals surface area contributed by atoms with Crippen molar-refractivity contribution in [1.29, 1.82) is 0 Å². The van der Waals surface area contributed by atoms with Crippen molar-refractivity contribution in [3.05, 3.63) is 0 Å². The van der Waals surface area contributed by atoms with Crippen LogP contribution < -0.4 is 11.1 Å². The summed E-state index contributed by atoms with van der Waals surface area (Å²) in [6.07, 6.45) is 4.92. The molecule has 1 aliphatic rings. The van der Waals surface area contributed by atoms with Crippen molar-refractivity contribution in [3.8, 4) is 0 Å². The molecule has 1 rings (SSSR count). The molecule has 1 aliphatic carbocycles. The molecule has 1 saturated carbocycles. The second-order valence-electron chi connectivity index (χ2n) is 4.38. The second-order valence-corrected chi connectivity index (χ2v) is 5.37. The van der Waals surface area contributed by atoms with Crippen molar-refractivity contribution in [1.82, 2.24) is 5.32 Å². The first-order valence-electron chi connectivity index (χ1n) is 5.84. The van der Waals surface area contributed by atoms with E-state index in [1.807, 2.05) is 6.26 Å². The molecular weight excluding hydrogens is 240 g/mol. The fraction of sp³-hybridized carbons (Fsp3) is 0.818. The zero-order valence-electron chi connectivity index (χ0n) is 10.0. The number of amides is 1. The van der Waals surface area contributed by atoms with Crippen molar-refractivity contribution in [3.63, 3.8) is 0 Å². The van der Waals surface area contributed by atoms with E-state index < -0.39 is 12.0 Å². The summed E-state index contributed by atoms with van der Waals surface area (Å²) in [5.41, 5.74) is 5.82. The Morgan fingerprint density at radius 2 is 2.24 bits per heavy atom. The van der Waals surface area contributed by atoms with Crippen molar-refractivity contribution in [2.75, 3.05) is 12.0 Å². The van der Waals surface area contributed by atoms with Crippen LogP contribution in [-0.2, 0) is 9.59 Å². The summed E-state index contributed by atoms with van der Waals surface area (Å²) in [4.78, 5) is 22.9. The summed E-state index contributed by atoms with van der Waals surface area (Å²) in [6, 6.07) is -0.909. The minimum absolute atomic E-state index is 0.120. The summed E-state index contributed by atoms with van der Waals surface area (Å²) >= 11 is 1.57. The number of aliphatic carboxylic acids is 1. The average molecular weight is 260 g/mol. The van der Waals surface area contributed by atoms with Gasteiger partial charge in [0, 0.05) is 6.04 Å². The highest BCUT2D eigenvalue weighted by Gasteiger charge is 2.32. The van der Waals surface area contributed by atoms with Gasteiger partial charge in [-0.25, -0.2) is 4.79 Å². The fourth-order valence-electron chi connectivity index (χ4n) is 2.09. The van der Waals surface area contributed by atoms with E-state index in [0.717, 1.165) is 19.3 Å². The molecule has 1 amide bonds. The Bertz CT molecular complexity index is 286. The van der Waals surface area contributed by atoms with Crippen molar-refractivity contribution in [2.45, 2.75) is 37.8 Å². The minimum atomic E-state index is -0.973. The number of carboxylic acid groups (broad SMARTS) is 1. The van der Waals surface area contributed by atoms with E-state index in [2.05, 4.69) is 5.32 Å². The summed E-state index contributed by atoms with van der Waals surface area (Å²) < 4.78 is 0. The minimum Gasteiger partial charge on any atom is -0.480 e. The van der Waals surface area contributed by atoms with Gasteiger partial charge in [-0.15, -0.1) is 0 Å². The predicted octanol–water partition coefficient (Wildman–Crippen LogP) is 0.436. The van der Waals surface area contributed by atoms with Gasteiger partial charge in [0.05, 0.1) is 5.92 Å². The SMILES string of the molecule is CSCC[C@@H](NC(=O)C1CCCC1N)C(=O)O. The average Bonchev–Trinajstić information content (AvgIpc) is 2.70. The third-order valence-electron chi connectivity index (χ3n) is 3.13. The maximum absolute atomic E-state index is 11.9. The molecule has 0 spiro atoms. The van der Waals surface area contributed by atoms with E-state index in [1.165, 1.54) is 0 Å². The molecule has 0 aromatic heterocycles. The summed E-state index contributed by atoms with van der Waals surface area (Å²) in [5.74, 6) is -0.679. The number of carboxylic acids is 1. The number of hydrogen-bond acceptors (Lipinski definition) is 4. The van der Waals surface area contributed by atoms with E-state index in [4.69, 9.17) is 10.8 Å². The molecule has 6 heteroatoms. The van der Waals surface area contributed by atoms with E-state index in [0.29, 0.717) is 12.2 Å². The summed E-state index contributed by atoms with van der Waals surface area (Å²) in [5, 5.41) is 11.6. The van der Waals surface area contributed by atoms with Gasteiger partial charge in [-0.2, -0.15) is 11.8 Å². The molecule has 2 unspecified atom stereocenters. The Morgan fingerprint density at radius 3 is 2.71 bits per heavy atom. The van der Waals surface area contributed by atoms with Gasteiger partial charge in [0.25, 0.3) is 0 Å². The second kappa shape index (κ2) is 6.86. The summed E-state index contributed by atoms with van der Waals surface area (Å²) in [7, 11) is 0. The normalized spacial score (nSPS) is 25.5. The largest absolute Gasteiger partial charge is 0.480 e. The van der Waals surface area contributed by atoms with E-state index in [1.54, 1.807) is 11.8 Å². The highest BCUT2D eigenvalue weighted by atomic mass is 32.2. The molecule has 1 fully saturated rings. The molecule has 0 aromatic carbocycles. The smallest absolute Gasteiger partial charge is 0.326 e. The van der Waals surface area contributed by atoms with E-state index in [-0.39, 0.29) is 17.9 Å². The van der Waals surface area contributed by atoms with Crippen LogP contribution in [0.25, 0.3) is 0 Å². The lowest BCUT2D eigenvalue weighted by molar-refractivity contribution is -0.142. The van der Waals surface area contributed by atoms with Crippen LogP contribution in [0, 0.1) is 5.92 Å². The number of thioether (sulfide) groups is 1. The molecule has 17 heavy (non-hydrogen) atoms. The van der Waals surface area contributed by atoms with Crippen molar-refractivity contribution in [2.24, 2.45) is 11.7 Å². The third kappa shape index (κ3) is 4.20. The van der Waals surface area contributed by atoms with Crippen molar-refractivity contribution >= 4 is 23.6 Å². The van der Waals surface area contributed by atoms with Crippen LogP contribution in [0.5, 0.6) is 0 Å². The van der Waals surface area contributed by atoms with E-state index in [9.17, 15) is 9.59 Å². The quantitative estimate of drug-likeness (QED) is 0.644. The first-order valence-corrected chi connectivity index (χ1v) is 7.23. The Balaban J connectivity index is 2.48. The van der Waals surface area contributed by atoms with Crippen LogP contribution in [0.4, 0.5) is 0 Å². The van der Waals surface area contributed by atoms with Crippen LogP contribution in [0.15, 0.2) is 0 Å². The van der Waals surface area contributed by atoms with Gasteiger partial charge in [-0.1, -0.05) is 6.42 Å². The topological polar surface area (TPSA) is 92.4 Å². The number of carbonyl (C=O) groups excluding carboxylic acids is 1. The maximum Gasteiger partial charge on any atom is 0.326 e. The Labute approximate surface area is 106 Å². The van der Waals surface area contributed by atoms with Crippen molar-refractivity contribution < 1.29 is 14.7 Å². The number of nitrogens with two attached hydrogens (primary N) is 1. The van der Waals surface area contributed by atoms with Gasteiger partial charge in [-0.3, -0.25) is 4.79 Å². The van der Waals surface area contributed by atoms with Crippen LogP contribution in [0.3, 0.4) is 0 Å². The molecule has 0 heterocycles. The van der Waals surface area contributed by atoms with Crippen LogP contribution in [-0.4, -0.2) is 41.1 Å². The Kier molecular flexibility index (Phi) is 5.77. The van der Waals surface area contributed by atoms with Gasteiger partial charge >= 0.3 is 5.97 Å². The predicted molar refractivity (Wildman–Crippen MR) is 67.9 cm³/mol. The highest BCUT2D eigenvalue weighted by Crippen LogP contribution is 2.24. The molecule has 0 aromatic rings. The number of rotatable bonds is 6. The first-order chi connectivity index (χ1) is 8.06. The van der Waals surface area contributed by atoms with Gasteiger partial charge < -0.3 is 16.2 Å². The lowest BCUT2D eigenvalue weighted by Gasteiger charge is -2.19. The molecule has 3 atom stereocenters. The maximum atomic E-state index is 11.9. The van der Waals surface area contributed by atoms with E-state index >= 15 is 0 Å². The standard InChI is InChI=1S/C11H20N2O3S/c1-17-6-5-9(11(15)16)13-10(14)7-3-2-4-8(7)12/h7-9H,2-6,12H2,1H3,(H,13,14)(H,15,16)/t7?,8?,9-/m1/s1. The van der Waals surface area contributed by atoms with Crippen LogP contribution in [0.1, 0.15) is 25.7 Å². The zero-order valence-corrected chi connectivity index (χ0v) is 10.8. The Hall–Kier alpha value is -0.750. The molecule has 98 valence electrons. The lowest BCUT2D eigenvalue weighted by atomic mass is 10.0. The fourth-order valence-corrected chi connectivity index (χ4v) is 2.56. The lowest BCUT2D eigenvalue weighted by Crippen LogP contribution is -2.46. The number of hydrogen-bond donors (Lipinski definition) is 3. The van der Waals surface area contributed by atoms with Gasteiger partial charge in [0.2, 0.25) is 5.91 Å². The monoisotopic (exact) mass is 260 g/mol. The highest BCUT2D eigenvalue weighted by molar-refractivity contribution is 7.98. The van der Waals surface area contributed by atoms with Gasteiger partial charge in [0.1, 0.15) is 6.04 Å². The molecule has 0 radical (unpaired) electrons. The summed E-state index contributed by atoms with van der Waals surface area (Å²) in [6.45, 7) is 0. The first kappa shape index (κ1) is 14.3. The number of carbonyl (C=O) groups is 2. The van der Waals surface area contributed by atoms with Gasteiger partial charge in [-0.05, 0) is 31.3 Å². The molecule has 0 aliphatic heterocycles. The molecular formula is C11H20N2O3S. The number of nitrogens with one attached hydrogen (secondary N) is 1.